The van der Waals surface area contributed by atoms with Crippen LogP contribution in [-0.2, 0) is 0 Å². The van der Waals surface area contributed by atoms with Crippen molar-refractivity contribution in [3.8, 4) is 0 Å². The summed E-state index contributed by atoms with van der Waals surface area (Å²) in [5.74, 6) is -1.90. The van der Waals surface area contributed by atoms with E-state index in [-0.39, 0.29) is 11.6 Å². The zero-order chi connectivity index (χ0) is 21.1. The minimum absolute atomic E-state index is 0.0686. The third-order valence-corrected chi connectivity index (χ3v) is 5.96. The van der Waals surface area contributed by atoms with Crippen LogP contribution in [0.3, 0.4) is 0 Å². The maximum Gasteiger partial charge on any atom is 0.256 e. The highest BCUT2D eigenvalue weighted by Gasteiger charge is 2.29. The van der Waals surface area contributed by atoms with E-state index in [1.165, 1.54) is 17.2 Å². The van der Waals surface area contributed by atoms with Crippen LogP contribution in [0, 0.1) is 11.6 Å². The van der Waals surface area contributed by atoms with Crippen LogP contribution in [0.4, 0.5) is 8.78 Å². The van der Waals surface area contributed by atoms with Crippen molar-refractivity contribution < 1.29 is 13.6 Å². The second-order valence-electron chi connectivity index (χ2n) is 7.32. The second kappa shape index (κ2) is 9.06. The Kier molecular flexibility index (Phi) is 6.25. The highest BCUT2D eigenvalue weighted by molar-refractivity contribution is 9.10. The monoisotopic (exact) mass is 470 g/mol. The standard InChI is InChI=1S/C24H21BrF2N2O/c25-19-8-6-18(7-9-19)23(17-4-2-1-3-5-17)28-12-14-29(15-13-28)24(30)21-11-10-20(26)16-22(21)27/h1-11,16,23H,12-15H2/t23-/m1/s1. The minimum atomic E-state index is -0.820. The van der Waals surface area contributed by atoms with Gasteiger partial charge in [0.1, 0.15) is 11.6 Å². The third kappa shape index (κ3) is 4.45. The van der Waals surface area contributed by atoms with Crippen LogP contribution in [-0.4, -0.2) is 41.9 Å². The number of benzene rings is 3. The zero-order valence-corrected chi connectivity index (χ0v) is 17.9. The number of amides is 1. The first-order chi connectivity index (χ1) is 14.5. The third-order valence-electron chi connectivity index (χ3n) is 5.43. The molecule has 0 bridgehead atoms. The Morgan fingerprint density at radius 1 is 0.833 bits per heavy atom. The molecular formula is C24H21BrF2N2O. The first-order valence-electron chi connectivity index (χ1n) is 9.82. The van der Waals surface area contributed by atoms with Gasteiger partial charge in [-0.2, -0.15) is 0 Å². The Morgan fingerprint density at radius 3 is 2.10 bits per heavy atom. The van der Waals surface area contributed by atoms with E-state index in [1.54, 1.807) is 4.90 Å². The molecule has 3 aromatic carbocycles. The van der Waals surface area contributed by atoms with Gasteiger partial charge in [0.05, 0.1) is 11.6 Å². The predicted molar refractivity (Wildman–Crippen MR) is 116 cm³/mol. The summed E-state index contributed by atoms with van der Waals surface area (Å²) in [6.07, 6.45) is 0. The fourth-order valence-electron chi connectivity index (χ4n) is 3.91. The van der Waals surface area contributed by atoms with Crippen LogP contribution < -0.4 is 0 Å². The van der Waals surface area contributed by atoms with Gasteiger partial charge in [-0.15, -0.1) is 0 Å². The predicted octanol–water partition coefficient (Wildman–Crippen LogP) is 5.27. The molecule has 1 aliphatic rings. The molecule has 6 heteroatoms. The van der Waals surface area contributed by atoms with Gasteiger partial charge < -0.3 is 4.90 Å². The van der Waals surface area contributed by atoms with Crippen LogP contribution in [0.1, 0.15) is 27.5 Å². The van der Waals surface area contributed by atoms with E-state index < -0.39 is 17.5 Å². The molecule has 0 radical (unpaired) electrons. The minimum Gasteiger partial charge on any atom is -0.336 e. The molecule has 3 aromatic rings. The summed E-state index contributed by atoms with van der Waals surface area (Å²) in [6.45, 7) is 2.28. The average molecular weight is 471 g/mol. The Bertz CT molecular complexity index is 1020. The lowest BCUT2D eigenvalue weighted by molar-refractivity contribution is 0.0593. The van der Waals surface area contributed by atoms with Gasteiger partial charge in [-0.3, -0.25) is 9.69 Å². The molecule has 3 nitrogen and oxygen atoms in total. The maximum atomic E-state index is 14.0. The molecule has 1 saturated heterocycles. The van der Waals surface area contributed by atoms with Crippen molar-refractivity contribution >= 4 is 21.8 Å². The largest absolute Gasteiger partial charge is 0.336 e. The van der Waals surface area contributed by atoms with Gasteiger partial charge in [0.25, 0.3) is 5.91 Å². The van der Waals surface area contributed by atoms with E-state index in [2.05, 4.69) is 45.1 Å². The highest BCUT2D eigenvalue weighted by atomic mass is 79.9. The molecule has 1 atom stereocenters. The van der Waals surface area contributed by atoms with Crippen molar-refractivity contribution in [1.29, 1.82) is 0 Å². The Labute approximate surface area is 183 Å². The molecule has 0 spiro atoms. The number of halogens is 3. The van der Waals surface area contributed by atoms with E-state index in [0.29, 0.717) is 26.2 Å². The number of hydrogen-bond acceptors (Lipinski definition) is 2. The Hall–Kier alpha value is -2.57. The number of carbonyl (C=O) groups excluding carboxylic acids is 1. The van der Waals surface area contributed by atoms with E-state index in [0.717, 1.165) is 16.6 Å². The van der Waals surface area contributed by atoms with E-state index >= 15 is 0 Å². The van der Waals surface area contributed by atoms with Gasteiger partial charge in [-0.1, -0.05) is 58.4 Å². The average Bonchev–Trinajstić information content (AvgIpc) is 2.76. The summed E-state index contributed by atoms with van der Waals surface area (Å²) in [5.41, 5.74) is 2.27. The van der Waals surface area contributed by atoms with Crippen molar-refractivity contribution in [2.75, 3.05) is 26.2 Å². The van der Waals surface area contributed by atoms with Crippen LogP contribution in [0.15, 0.2) is 77.3 Å². The molecule has 0 N–H and O–H groups in total. The van der Waals surface area contributed by atoms with Gasteiger partial charge in [0, 0.05) is 36.7 Å². The summed E-state index contributed by atoms with van der Waals surface area (Å²) >= 11 is 3.49. The Morgan fingerprint density at radius 2 is 1.47 bits per heavy atom. The van der Waals surface area contributed by atoms with Crippen molar-refractivity contribution in [2.45, 2.75) is 6.04 Å². The second-order valence-corrected chi connectivity index (χ2v) is 8.23. The van der Waals surface area contributed by atoms with Crippen molar-refractivity contribution in [3.63, 3.8) is 0 Å². The first-order valence-corrected chi connectivity index (χ1v) is 10.6. The molecule has 0 aromatic heterocycles. The van der Waals surface area contributed by atoms with Crippen LogP contribution >= 0.6 is 15.9 Å². The molecule has 30 heavy (non-hydrogen) atoms. The fraction of sp³-hybridized carbons (Fsp3) is 0.208. The molecule has 1 amide bonds. The molecule has 1 heterocycles. The lowest BCUT2D eigenvalue weighted by Gasteiger charge is -2.39. The molecule has 1 aliphatic heterocycles. The molecule has 1 fully saturated rings. The van der Waals surface area contributed by atoms with E-state index in [9.17, 15) is 13.6 Å². The van der Waals surface area contributed by atoms with Gasteiger partial charge >= 0.3 is 0 Å². The molecule has 4 rings (SSSR count). The summed E-state index contributed by atoms with van der Waals surface area (Å²) in [5, 5.41) is 0. The lowest BCUT2D eigenvalue weighted by Crippen LogP contribution is -2.50. The zero-order valence-electron chi connectivity index (χ0n) is 16.3. The van der Waals surface area contributed by atoms with Gasteiger partial charge in [-0.05, 0) is 35.4 Å². The molecule has 154 valence electrons. The van der Waals surface area contributed by atoms with E-state index in [4.69, 9.17) is 0 Å². The number of piperazine rings is 1. The number of rotatable bonds is 4. The van der Waals surface area contributed by atoms with Gasteiger partial charge in [0.15, 0.2) is 0 Å². The normalized spacial score (nSPS) is 15.8. The summed E-state index contributed by atoms with van der Waals surface area (Å²) in [6, 6.07) is 21.7. The molecule has 0 unspecified atom stereocenters. The number of hydrogen-bond donors (Lipinski definition) is 0. The quantitative estimate of drug-likeness (QED) is 0.518. The van der Waals surface area contributed by atoms with Gasteiger partial charge in [-0.25, -0.2) is 8.78 Å². The Balaban J connectivity index is 1.53. The molecule has 0 saturated carbocycles. The molecule has 0 aliphatic carbocycles. The lowest BCUT2D eigenvalue weighted by atomic mass is 9.96. The molecular weight excluding hydrogens is 450 g/mol. The van der Waals surface area contributed by atoms with E-state index in [1.807, 2.05) is 30.3 Å². The fourth-order valence-corrected chi connectivity index (χ4v) is 4.18. The SMILES string of the molecule is O=C(c1ccc(F)cc1F)N1CCN([C@H](c2ccccc2)c2ccc(Br)cc2)CC1. The van der Waals surface area contributed by atoms with Crippen LogP contribution in [0.5, 0.6) is 0 Å². The summed E-state index contributed by atoms with van der Waals surface area (Å²) in [7, 11) is 0. The van der Waals surface area contributed by atoms with Crippen molar-refractivity contribution in [1.82, 2.24) is 9.80 Å². The van der Waals surface area contributed by atoms with Crippen molar-refractivity contribution in [2.24, 2.45) is 0 Å². The number of carbonyl (C=O) groups is 1. The van der Waals surface area contributed by atoms with Crippen LogP contribution in [0.25, 0.3) is 0 Å². The smallest absolute Gasteiger partial charge is 0.256 e. The summed E-state index contributed by atoms with van der Waals surface area (Å²) < 4.78 is 28.2. The van der Waals surface area contributed by atoms with Crippen LogP contribution in [0.2, 0.25) is 0 Å². The van der Waals surface area contributed by atoms with Crippen molar-refractivity contribution in [3.05, 3.63) is 106 Å². The summed E-state index contributed by atoms with van der Waals surface area (Å²) in [4.78, 5) is 16.7. The van der Waals surface area contributed by atoms with Gasteiger partial charge in [0.2, 0.25) is 0 Å². The maximum absolute atomic E-state index is 14.0. The topological polar surface area (TPSA) is 23.6 Å². The number of nitrogens with zero attached hydrogens (tertiary/aromatic N) is 2. The first kappa shape index (κ1) is 20.7. The highest BCUT2D eigenvalue weighted by Crippen LogP contribution is 2.30.